The Kier molecular flexibility index (Phi) is 3.68. The van der Waals surface area contributed by atoms with E-state index >= 15 is 0 Å². The second kappa shape index (κ2) is 5.07. The summed E-state index contributed by atoms with van der Waals surface area (Å²) in [5.74, 6) is -0.981. The van der Waals surface area contributed by atoms with Crippen molar-refractivity contribution in [1.29, 1.82) is 0 Å². The van der Waals surface area contributed by atoms with Gasteiger partial charge in [0.15, 0.2) is 5.41 Å². The number of para-hydroxylation sites is 1. The van der Waals surface area contributed by atoms with Crippen molar-refractivity contribution >= 4 is 33.5 Å². The number of esters is 1. The lowest BCUT2D eigenvalue weighted by atomic mass is 9.85. The Morgan fingerprint density at radius 3 is 2.56 bits per heavy atom. The molecule has 1 heterocycles. The molecule has 1 amide bonds. The van der Waals surface area contributed by atoms with Gasteiger partial charge in [-0.2, -0.15) is 0 Å². The molecule has 0 aliphatic carbocycles. The van der Waals surface area contributed by atoms with Crippen LogP contribution in [0.2, 0.25) is 0 Å². The number of ether oxygens (including phenoxy) is 2. The molecular weight excluding hydrogens is 302 g/mol. The molecule has 1 aliphatic rings. The number of hydrogen-bond acceptors (Lipinski definition) is 4. The van der Waals surface area contributed by atoms with E-state index in [-0.39, 0.29) is 13.2 Å². The Morgan fingerprint density at radius 1 is 1.39 bits per heavy atom. The third-order valence-corrected chi connectivity index (χ3v) is 3.52. The van der Waals surface area contributed by atoms with Gasteiger partial charge in [0.05, 0.1) is 26.0 Å². The fourth-order valence-electron chi connectivity index (χ4n) is 1.65. The van der Waals surface area contributed by atoms with E-state index in [1.165, 1.54) is 7.11 Å². The van der Waals surface area contributed by atoms with Crippen LogP contribution < -0.4 is 5.32 Å². The Bertz CT molecular complexity index is 485. The predicted octanol–water partition coefficient (Wildman–Crippen LogP) is 1.58. The van der Waals surface area contributed by atoms with Gasteiger partial charge in [-0.05, 0) is 28.1 Å². The van der Waals surface area contributed by atoms with Crippen LogP contribution in [-0.2, 0) is 19.1 Å². The number of benzene rings is 1. The summed E-state index contributed by atoms with van der Waals surface area (Å²) >= 11 is 3.32. The number of nitrogens with one attached hydrogen (secondary N) is 1. The van der Waals surface area contributed by atoms with Crippen LogP contribution in [0.4, 0.5) is 5.69 Å². The number of halogens is 1. The van der Waals surface area contributed by atoms with Gasteiger partial charge in [0.25, 0.3) is 0 Å². The standard InChI is InChI=1S/C12H12BrNO4/c1-17-11(16)12(6-18-7-12)10(15)14-9-5-3-2-4-8(9)13/h2-5H,6-7H2,1H3,(H,14,15). The quantitative estimate of drug-likeness (QED) is 0.679. The zero-order chi connectivity index (χ0) is 13.2. The summed E-state index contributed by atoms with van der Waals surface area (Å²) in [6.45, 7) is 0.103. The first-order chi connectivity index (χ1) is 8.60. The molecule has 1 aromatic rings. The summed E-state index contributed by atoms with van der Waals surface area (Å²) in [5, 5.41) is 2.70. The molecule has 0 atom stereocenters. The van der Waals surface area contributed by atoms with Crippen LogP contribution >= 0.6 is 15.9 Å². The van der Waals surface area contributed by atoms with Gasteiger partial charge in [-0.1, -0.05) is 12.1 Å². The summed E-state index contributed by atoms with van der Waals surface area (Å²) < 4.78 is 10.4. The number of carbonyl (C=O) groups excluding carboxylic acids is 2. The van der Waals surface area contributed by atoms with Crippen molar-refractivity contribution in [2.75, 3.05) is 25.6 Å². The zero-order valence-electron chi connectivity index (χ0n) is 9.73. The zero-order valence-corrected chi connectivity index (χ0v) is 11.3. The number of amides is 1. The molecule has 1 aromatic carbocycles. The number of anilines is 1. The van der Waals surface area contributed by atoms with E-state index in [1.54, 1.807) is 18.2 Å². The van der Waals surface area contributed by atoms with E-state index in [1.807, 2.05) is 6.07 Å². The van der Waals surface area contributed by atoms with Crippen LogP contribution in [0.25, 0.3) is 0 Å². The highest BCUT2D eigenvalue weighted by atomic mass is 79.9. The summed E-state index contributed by atoms with van der Waals surface area (Å²) in [7, 11) is 1.26. The van der Waals surface area contributed by atoms with Gasteiger partial charge in [-0.3, -0.25) is 9.59 Å². The molecule has 18 heavy (non-hydrogen) atoms. The van der Waals surface area contributed by atoms with E-state index in [0.717, 1.165) is 4.47 Å². The van der Waals surface area contributed by atoms with Crippen LogP contribution in [-0.4, -0.2) is 32.2 Å². The Balaban J connectivity index is 2.17. The summed E-state index contributed by atoms with van der Waals surface area (Å²) in [5.41, 5.74) is -0.609. The van der Waals surface area contributed by atoms with E-state index in [9.17, 15) is 9.59 Å². The third-order valence-electron chi connectivity index (χ3n) is 2.83. The molecule has 1 saturated heterocycles. The van der Waals surface area contributed by atoms with E-state index in [2.05, 4.69) is 26.0 Å². The Labute approximate surface area is 113 Å². The van der Waals surface area contributed by atoms with Crippen molar-refractivity contribution in [1.82, 2.24) is 0 Å². The summed E-state index contributed by atoms with van der Waals surface area (Å²) in [4.78, 5) is 23.8. The summed E-state index contributed by atoms with van der Waals surface area (Å²) in [6.07, 6.45) is 0. The fraction of sp³-hybridized carbons (Fsp3) is 0.333. The summed E-state index contributed by atoms with van der Waals surface area (Å²) in [6, 6.07) is 7.18. The maximum absolute atomic E-state index is 12.2. The average Bonchev–Trinajstić information content (AvgIpc) is 2.30. The lowest BCUT2D eigenvalue weighted by molar-refractivity contribution is -0.185. The Hall–Kier alpha value is -1.40. The number of carbonyl (C=O) groups is 2. The monoisotopic (exact) mass is 313 g/mol. The minimum atomic E-state index is -1.22. The van der Waals surface area contributed by atoms with E-state index in [4.69, 9.17) is 4.74 Å². The minimum absolute atomic E-state index is 0.0515. The molecule has 1 fully saturated rings. The molecule has 0 bridgehead atoms. The highest BCUT2D eigenvalue weighted by molar-refractivity contribution is 9.10. The minimum Gasteiger partial charge on any atom is -0.468 e. The van der Waals surface area contributed by atoms with Crippen molar-refractivity contribution in [3.8, 4) is 0 Å². The number of hydrogen-bond donors (Lipinski definition) is 1. The van der Waals surface area contributed by atoms with Gasteiger partial charge in [0.1, 0.15) is 0 Å². The maximum Gasteiger partial charge on any atom is 0.326 e. The number of methoxy groups -OCH3 is 1. The fourth-order valence-corrected chi connectivity index (χ4v) is 2.03. The first-order valence-electron chi connectivity index (χ1n) is 5.32. The van der Waals surface area contributed by atoms with Gasteiger partial charge in [-0.25, -0.2) is 0 Å². The van der Waals surface area contributed by atoms with Gasteiger partial charge in [-0.15, -0.1) is 0 Å². The SMILES string of the molecule is COC(=O)C1(C(=O)Nc2ccccc2Br)COC1. The van der Waals surface area contributed by atoms with Gasteiger partial charge in [0, 0.05) is 4.47 Å². The van der Waals surface area contributed by atoms with Crippen LogP contribution in [0, 0.1) is 5.41 Å². The van der Waals surface area contributed by atoms with Gasteiger partial charge >= 0.3 is 5.97 Å². The van der Waals surface area contributed by atoms with Crippen LogP contribution in [0.15, 0.2) is 28.7 Å². The Morgan fingerprint density at radius 2 is 2.06 bits per heavy atom. The normalized spacial score (nSPS) is 16.6. The van der Waals surface area contributed by atoms with Crippen molar-refractivity contribution in [3.05, 3.63) is 28.7 Å². The molecule has 1 aliphatic heterocycles. The molecule has 0 radical (unpaired) electrons. The molecular formula is C12H12BrNO4. The van der Waals surface area contributed by atoms with E-state index in [0.29, 0.717) is 5.69 Å². The van der Waals surface area contributed by atoms with Crippen molar-refractivity contribution in [3.63, 3.8) is 0 Å². The van der Waals surface area contributed by atoms with Crippen LogP contribution in [0.3, 0.4) is 0 Å². The molecule has 1 N–H and O–H groups in total. The highest BCUT2D eigenvalue weighted by Gasteiger charge is 2.54. The van der Waals surface area contributed by atoms with Crippen LogP contribution in [0.5, 0.6) is 0 Å². The van der Waals surface area contributed by atoms with Crippen molar-refractivity contribution in [2.24, 2.45) is 5.41 Å². The van der Waals surface area contributed by atoms with Crippen molar-refractivity contribution < 1.29 is 19.1 Å². The second-order valence-electron chi connectivity index (χ2n) is 4.00. The molecule has 5 nitrogen and oxygen atoms in total. The molecule has 96 valence electrons. The molecule has 0 spiro atoms. The number of rotatable bonds is 3. The van der Waals surface area contributed by atoms with Crippen molar-refractivity contribution in [2.45, 2.75) is 0 Å². The maximum atomic E-state index is 12.2. The smallest absolute Gasteiger partial charge is 0.326 e. The first kappa shape index (κ1) is 13.0. The highest BCUT2D eigenvalue weighted by Crippen LogP contribution is 2.32. The molecule has 6 heteroatoms. The first-order valence-corrected chi connectivity index (χ1v) is 6.11. The molecule has 0 aromatic heterocycles. The molecule has 0 unspecified atom stereocenters. The topological polar surface area (TPSA) is 64.6 Å². The lowest BCUT2D eigenvalue weighted by Crippen LogP contribution is -2.57. The largest absolute Gasteiger partial charge is 0.468 e. The van der Waals surface area contributed by atoms with Gasteiger partial charge < -0.3 is 14.8 Å². The third kappa shape index (κ3) is 2.13. The predicted molar refractivity (Wildman–Crippen MR) is 68.0 cm³/mol. The average molecular weight is 314 g/mol. The van der Waals surface area contributed by atoms with Crippen LogP contribution in [0.1, 0.15) is 0 Å². The second-order valence-corrected chi connectivity index (χ2v) is 4.85. The van der Waals surface area contributed by atoms with E-state index < -0.39 is 17.3 Å². The van der Waals surface area contributed by atoms with Gasteiger partial charge in [0.2, 0.25) is 5.91 Å². The lowest BCUT2D eigenvalue weighted by Gasteiger charge is -2.36. The molecule has 0 saturated carbocycles. The molecule has 2 rings (SSSR count).